The van der Waals surface area contributed by atoms with E-state index in [0.29, 0.717) is 0 Å². The predicted octanol–water partition coefficient (Wildman–Crippen LogP) is 2.83. The summed E-state index contributed by atoms with van der Waals surface area (Å²) >= 11 is 0. The highest BCUT2D eigenvalue weighted by molar-refractivity contribution is 5.89. The van der Waals surface area contributed by atoms with Crippen LogP contribution in [0.2, 0.25) is 0 Å². The Labute approximate surface area is 105 Å². The molecule has 0 bridgehead atoms. The fourth-order valence-electron chi connectivity index (χ4n) is 2.68. The molecule has 1 aromatic carbocycles. The monoisotopic (exact) mass is 235 g/mol. The summed E-state index contributed by atoms with van der Waals surface area (Å²) in [7, 11) is 0. The Kier molecular flexibility index (Phi) is 2.02. The number of fused-ring (bicyclic) bond motifs is 3. The van der Waals surface area contributed by atoms with Crippen molar-refractivity contribution >= 4 is 10.9 Å². The van der Waals surface area contributed by atoms with E-state index < -0.39 is 0 Å². The summed E-state index contributed by atoms with van der Waals surface area (Å²) in [6.45, 7) is 1.91. The molecule has 0 amide bonds. The van der Waals surface area contributed by atoms with Crippen molar-refractivity contribution in [3.63, 3.8) is 0 Å². The van der Waals surface area contributed by atoms with Gasteiger partial charge in [-0.1, -0.05) is 12.1 Å². The number of pyridine rings is 1. The van der Waals surface area contributed by atoms with Crippen molar-refractivity contribution in [2.75, 3.05) is 0 Å². The molecule has 88 valence electrons. The van der Waals surface area contributed by atoms with Crippen molar-refractivity contribution < 1.29 is 0 Å². The average molecular weight is 235 g/mol. The number of H-pyrrole nitrogens is 1. The lowest BCUT2D eigenvalue weighted by molar-refractivity contribution is 0.757. The molecule has 0 aliphatic carbocycles. The first-order valence-electron chi connectivity index (χ1n) is 6.16. The van der Waals surface area contributed by atoms with Crippen LogP contribution in [0.25, 0.3) is 22.0 Å². The van der Waals surface area contributed by atoms with Crippen LogP contribution >= 0.6 is 0 Å². The summed E-state index contributed by atoms with van der Waals surface area (Å²) in [4.78, 5) is 7.66. The number of hydrogen-bond donors (Lipinski definition) is 2. The normalized spacial score (nSPS) is 14.0. The van der Waals surface area contributed by atoms with Gasteiger partial charge in [-0.3, -0.25) is 4.98 Å². The van der Waals surface area contributed by atoms with Crippen molar-refractivity contribution in [2.24, 2.45) is 0 Å². The van der Waals surface area contributed by atoms with Crippen LogP contribution in [0.4, 0.5) is 0 Å². The molecule has 3 heterocycles. The Balaban J connectivity index is 1.94. The molecule has 3 heteroatoms. The zero-order valence-electron chi connectivity index (χ0n) is 9.90. The number of aromatic amines is 1. The molecule has 2 N–H and O–H groups in total. The van der Waals surface area contributed by atoms with E-state index in [1.165, 1.54) is 33.3 Å². The Morgan fingerprint density at radius 1 is 1.06 bits per heavy atom. The maximum Gasteiger partial charge on any atom is 0.0460 e. The molecule has 0 atom stereocenters. The van der Waals surface area contributed by atoms with E-state index in [1.54, 1.807) is 6.20 Å². The molecule has 1 aliphatic rings. The number of rotatable bonds is 1. The molecule has 0 spiro atoms. The molecule has 0 saturated heterocycles. The van der Waals surface area contributed by atoms with Crippen LogP contribution in [0.3, 0.4) is 0 Å². The summed E-state index contributed by atoms with van der Waals surface area (Å²) in [5.74, 6) is 0. The first-order valence-corrected chi connectivity index (χ1v) is 6.16. The van der Waals surface area contributed by atoms with Crippen molar-refractivity contribution in [1.82, 2.24) is 15.3 Å². The highest BCUT2D eigenvalue weighted by Gasteiger charge is 2.16. The first kappa shape index (κ1) is 9.85. The largest absolute Gasteiger partial charge is 0.357 e. The minimum Gasteiger partial charge on any atom is -0.357 e. The third-order valence-corrected chi connectivity index (χ3v) is 3.59. The molecule has 1 aliphatic heterocycles. The fourth-order valence-corrected chi connectivity index (χ4v) is 2.68. The van der Waals surface area contributed by atoms with Crippen LogP contribution in [0, 0.1) is 0 Å². The van der Waals surface area contributed by atoms with Crippen LogP contribution in [-0.4, -0.2) is 9.97 Å². The molecular weight excluding hydrogens is 222 g/mol. The van der Waals surface area contributed by atoms with E-state index in [1.807, 2.05) is 12.3 Å². The van der Waals surface area contributed by atoms with Crippen LogP contribution in [0.15, 0.2) is 42.7 Å². The molecular formula is C15H13N3. The molecule has 3 nitrogen and oxygen atoms in total. The third-order valence-electron chi connectivity index (χ3n) is 3.59. The van der Waals surface area contributed by atoms with Gasteiger partial charge in [-0.2, -0.15) is 0 Å². The summed E-state index contributed by atoms with van der Waals surface area (Å²) in [6, 6.07) is 10.6. The maximum absolute atomic E-state index is 4.18. The van der Waals surface area contributed by atoms with E-state index >= 15 is 0 Å². The smallest absolute Gasteiger partial charge is 0.0460 e. The summed E-state index contributed by atoms with van der Waals surface area (Å²) in [6.07, 6.45) is 3.71. The highest BCUT2D eigenvalue weighted by Crippen LogP contribution is 2.29. The molecule has 0 fully saturated rings. The lowest BCUT2D eigenvalue weighted by Gasteiger charge is -2.02. The molecule has 18 heavy (non-hydrogen) atoms. The van der Waals surface area contributed by atoms with Gasteiger partial charge in [0.05, 0.1) is 0 Å². The second-order valence-electron chi connectivity index (χ2n) is 4.69. The number of benzene rings is 1. The van der Waals surface area contributed by atoms with Crippen LogP contribution in [0.5, 0.6) is 0 Å². The maximum atomic E-state index is 4.18. The van der Waals surface area contributed by atoms with Crippen LogP contribution < -0.4 is 5.32 Å². The zero-order chi connectivity index (χ0) is 11.9. The van der Waals surface area contributed by atoms with Gasteiger partial charge < -0.3 is 10.3 Å². The minimum absolute atomic E-state index is 0.951. The SMILES string of the molecule is c1cncc(-c2ccc3[nH]c4c(c3c2)CNC4)c1. The molecule has 0 saturated carbocycles. The van der Waals surface area contributed by atoms with Gasteiger partial charge in [0.1, 0.15) is 0 Å². The number of nitrogens with zero attached hydrogens (tertiary/aromatic N) is 1. The van der Waals surface area contributed by atoms with Crippen molar-refractivity contribution in [1.29, 1.82) is 0 Å². The van der Waals surface area contributed by atoms with Gasteiger partial charge in [0.2, 0.25) is 0 Å². The van der Waals surface area contributed by atoms with Gasteiger partial charge in [-0.05, 0) is 29.3 Å². The lowest BCUT2D eigenvalue weighted by Crippen LogP contribution is -2.01. The van der Waals surface area contributed by atoms with E-state index in [4.69, 9.17) is 0 Å². The van der Waals surface area contributed by atoms with Gasteiger partial charge in [0.15, 0.2) is 0 Å². The number of hydrogen-bond acceptors (Lipinski definition) is 2. The van der Waals surface area contributed by atoms with Gasteiger partial charge in [-0.25, -0.2) is 0 Å². The standard InChI is InChI=1S/C15H13N3/c1-2-11(7-16-5-1)10-3-4-14-12(6-10)13-8-17-9-15(13)18-14/h1-7,17-18H,8-9H2. The van der Waals surface area contributed by atoms with Gasteiger partial charge in [-0.15, -0.1) is 0 Å². The van der Waals surface area contributed by atoms with Gasteiger partial charge in [0, 0.05) is 47.6 Å². The Morgan fingerprint density at radius 3 is 2.94 bits per heavy atom. The Morgan fingerprint density at radius 2 is 2.06 bits per heavy atom. The van der Waals surface area contributed by atoms with Crippen molar-refractivity contribution in [2.45, 2.75) is 13.1 Å². The molecule has 0 radical (unpaired) electrons. The van der Waals surface area contributed by atoms with Crippen LogP contribution in [0.1, 0.15) is 11.3 Å². The Bertz CT molecular complexity index is 713. The molecule has 2 aromatic heterocycles. The number of nitrogens with one attached hydrogen (secondary N) is 2. The minimum atomic E-state index is 0.951. The quantitative estimate of drug-likeness (QED) is 0.681. The summed E-state index contributed by atoms with van der Waals surface area (Å²) in [5, 5.41) is 4.71. The average Bonchev–Trinajstić information content (AvgIpc) is 2.99. The summed E-state index contributed by atoms with van der Waals surface area (Å²) < 4.78 is 0. The highest BCUT2D eigenvalue weighted by atomic mass is 14.9. The molecule has 4 rings (SSSR count). The third kappa shape index (κ3) is 1.38. The van der Waals surface area contributed by atoms with Crippen molar-refractivity contribution in [3.05, 3.63) is 54.0 Å². The predicted molar refractivity (Wildman–Crippen MR) is 72.1 cm³/mol. The molecule has 3 aromatic rings. The number of aromatic nitrogens is 2. The van der Waals surface area contributed by atoms with E-state index in [-0.39, 0.29) is 0 Å². The lowest BCUT2D eigenvalue weighted by atomic mass is 10.0. The van der Waals surface area contributed by atoms with E-state index in [0.717, 1.165) is 13.1 Å². The van der Waals surface area contributed by atoms with Gasteiger partial charge in [0.25, 0.3) is 0 Å². The molecule has 0 unspecified atom stereocenters. The Hall–Kier alpha value is -2.13. The van der Waals surface area contributed by atoms with Crippen molar-refractivity contribution in [3.8, 4) is 11.1 Å². The van der Waals surface area contributed by atoms with Crippen LogP contribution in [-0.2, 0) is 13.1 Å². The topological polar surface area (TPSA) is 40.7 Å². The fraction of sp³-hybridized carbons (Fsp3) is 0.133. The first-order chi connectivity index (χ1) is 8.92. The zero-order valence-corrected chi connectivity index (χ0v) is 9.90. The second-order valence-corrected chi connectivity index (χ2v) is 4.69. The van der Waals surface area contributed by atoms with E-state index in [2.05, 4.69) is 39.6 Å². The van der Waals surface area contributed by atoms with Gasteiger partial charge >= 0.3 is 0 Å². The summed E-state index contributed by atoms with van der Waals surface area (Å²) in [5.41, 5.74) is 6.36. The second kappa shape index (κ2) is 3.68. The van der Waals surface area contributed by atoms with E-state index in [9.17, 15) is 0 Å².